The zero-order valence-corrected chi connectivity index (χ0v) is 12.9. The van der Waals surface area contributed by atoms with Crippen LogP contribution in [0.1, 0.15) is 32.4 Å². The first kappa shape index (κ1) is 15.7. The molecule has 21 heavy (non-hydrogen) atoms. The van der Waals surface area contributed by atoms with Gasteiger partial charge in [-0.15, -0.1) is 0 Å². The Bertz CT molecular complexity index is 689. The summed E-state index contributed by atoms with van der Waals surface area (Å²) in [6.45, 7) is 5.75. The molecule has 0 saturated carbocycles. The van der Waals surface area contributed by atoms with Crippen LogP contribution in [0.25, 0.3) is 0 Å². The number of H-pyrrole nitrogens is 1. The van der Waals surface area contributed by atoms with Crippen molar-refractivity contribution in [3.8, 4) is 0 Å². The molecule has 5 nitrogen and oxygen atoms in total. The highest BCUT2D eigenvalue weighted by Gasteiger charge is 2.31. The molecular formula is C14H18FN3O2S. The molecule has 2 N–H and O–H groups in total. The van der Waals surface area contributed by atoms with Gasteiger partial charge in [-0.1, -0.05) is 32.9 Å². The van der Waals surface area contributed by atoms with Crippen molar-refractivity contribution in [2.45, 2.75) is 31.7 Å². The van der Waals surface area contributed by atoms with Crippen molar-refractivity contribution < 1.29 is 12.8 Å². The summed E-state index contributed by atoms with van der Waals surface area (Å²) in [5.74, 6) is -0.357. The van der Waals surface area contributed by atoms with E-state index in [1.54, 1.807) is 12.1 Å². The number of nitrogens with one attached hydrogen (secondary N) is 2. The van der Waals surface area contributed by atoms with Gasteiger partial charge in [0.2, 0.25) is 10.0 Å². The molecule has 1 heterocycles. The van der Waals surface area contributed by atoms with Gasteiger partial charge in [-0.2, -0.15) is 5.10 Å². The average molecular weight is 311 g/mol. The lowest BCUT2D eigenvalue weighted by Gasteiger charge is -2.31. The summed E-state index contributed by atoms with van der Waals surface area (Å²) in [6.07, 6.45) is 2.55. The van der Waals surface area contributed by atoms with Crippen molar-refractivity contribution in [2.24, 2.45) is 5.41 Å². The van der Waals surface area contributed by atoms with Crippen molar-refractivity contribution >= 4 is 10.0 Å². The van der Waals surface area contributed by atoms with Gasteiger partial charge < -0.3 is 0 Å². The predicted octanol–water partition coefficient (Wildman–Crippen LogP) is 2.61. The fourth-order valence-electron chi connectivity index (χ4n) is 2.01. The van der Waals surface area contributed by atoms with Crippen LogP contribution >= 0.6 is 0 Å². The molecule has 2 aromatic rings. The van der Waals surface area contributed by atoms with Crippen LogP contribution in [0, 0.1) is 11.2 Å². The average Bonchev–Trinajstić information content (AvgIpc) is 2.90. The monoisotopic (exact) mass is 311 g/mol. The lowest BCUT2D eigenvalue weighted by molar-refractivity contribution is 0.304. The first-order valence-electron chi connectivity index (χ1n) is 6.47. The molecule has 1 unspecified atom stereocenters. The molecule has 0 radical (unpaired) electrons. The highest BCUT2D eigenvalue weighted by atomic mass is 32.2. The summed E-state index contributed by atoms with van der Waals surface area (Å²) in [4.78, 5) is 0.0684. The second kappa shape index (κ2) is 5.57. The summed E-state index contributed by atoms with van der Waals surface area (Å²) >= 11 is 0. The van der Waals surface area contributed by atoms with Crippen LogP contribution in [0.3, 0.4) is 0 Å². The number of benzene rings is 1. The van der Waals surface area contributed by atoms with E-state index in [2.05, 4.69) is 14.9 Å². The van der Waals surface area contributed by atoms with Crippen LogP contribution in [0.4, 0.5) is 4.39 Å². The van der Waals surface area contributed by atoms with Crippen molar-refractivity contribution in [1.82, 2.24) is 14.9 Å². The smallest absolute Gasteiger partial charge is 0.244 e. The Morgan fingerprint density at radius 1 is 1.24 bits per heavy atom. The van der Waals surface area contributed by atoms with E-state index in [4.69, 9.17) is 0 Å². The molecule has 7 heteroatoms. The van der Waals surface area contributed by atoms with Gasteiger partial charge in [0.25, 0.3) is 0 Å². The van der Waals surface area contributed by atoms with Gasteiger partial charge in [-0.25, -0.2) is 17.5 Å². The van der Waals surface area contributed by atoms with Crippen LogP contribution in [-0.2, 0) is 10.0 Å². The minimum Gasteiger partial charge on any atom is -0.284 e. The molecule has 1 aromatic carbocycles. The minimum absolute atomic E-state index is 0.0684. The van der Waals surface area contributed by atoms with Gasteiger partial charge in [0.05, 0.1) is 12.2 Å². The van der Waals surface area contributed by atoms with Gasteiger partial charge in [0.1, 0.15) is 10.7 Å². The number of aromatic nitrogens is 2. The van der Waals surface area contributed by atoms with Crippen molar-refractivity contribution in [3.63, 3.8) is 0 Å². The van der Waals surface area contributed by atoms with E-state index in [1.807, 2.05) is 20.8 Å². The highest BCUT2D eigenvalue weighted by Crippen LogP contribution is 2.34. The third-order valence-corrected chi connectivity index (χ3v) is 4.52. The fourth-order valence-corrected chi connectivity index (χ4v) is 3.34. The number of sulfonamides is 1. The molecule has 0 amide bonds. The quantitative estimate of drug-likeness (QED) is 0.911. The van der Waals surface area contributed by atoms with Crippen molar-refractivity contribution in [3.05, 3.63) is 48.0 Å². The van der Waals surface area contributed by atoms with E-state index in [0.29, 0.717) is 5.56 Å². The lowest BCUT2D eigenvalue weighted by Crippen LogP contribution is -2.36. The molecule has 0 bridgehead atoms. The molecule has 1 aromatic heterocycles. The van der Waals surface area contributed by atoms with E-state index in [9.17, 15) is 12.8 Å². The van der Waals surface area contributed by atoms with E-state index in [1.165, 1.54) is 24.5 Å². The SMILES string of the molecule is CC(C)(C)C(NS(=O)(=O)c1cn[nH]c1)c1ccc(F)cc1. The molecule has 0 saturated heterocycles. The second-order valence-electron chi connectivity index (χ2n) is 5.91. The van der Waals surface area contributed by atoms with E-state index in [0.717, 1.165) is 0 Å². The van der Waals surface area contributed by atoms with Gasteiger partial charge in [0.15, 0.2) is 0 Å². The Balaban J connectivity index is 2.37. The topological polar surface area (TPSA) is 74.8 Å². The summed E-state index contributed by atoms with van der Waals surface area (Å²) in [5, 5.41) is 6.12. The zero-order chi connectivity index (χ0) is 15.7. The molecule has 0 fully saturated rings. The number of hydrogen-bond donors (Lipinski definition) is 2. The number of hydrogen-bond acceptors (Lipinski definition) is 3. The standard InChI is InChI=1S/C14H18FN3O2S/c1-14(2,3)13(10-4-6-11(15)7-5-10)18-21(19,20)12-8-16-17-9-12/h4-9,13,18H,1-3H3,(H,16,17). The molecule has 0 aliphatic heterocycles. The Hall–Kier alpha value is -1.73. The van der Waals surface area contributed by atoms with Gasteiger partial charge >= 0.3 is 0 Å². The van der Waals surface area contributed by atoms with E-state index < -0.39 is 16.1 Å². The molecular weight excluding hydrogens is 293 g/mol. The third kappa shape index (κ3) is 3.68. The van der Waals surface area contributed by atoms with Crippen LogP contribution in [0.2, 0.25) is 0 Å². The maximum absolute atomic E-state index is 13.1. The number of nitrogens with zero attached hydrogens (tertiary/aromatic N) is 1. The molecule has 2 rings (SSSR count). The van der Waals surface area contributed by atoms with Gasteiger partial charge in [-0.05, 0) is 23.1 Å². The van der Waals surface area contributed by atoms with Gasteiger partial charge in [0, 0.05) is 6.20 Å². The second-order valence-corrected chi connectivity index (χ2v) is 7.62. The van der Waals surface area contributed by atoms with Crippen LogP contribution in [0.5, 0.6) is 0 Å². The van der Waals surface area contributed by atoms with Crippen LogP contribution in [0.15, 0.2) is 41.6 Å². The van der Waals surface area contributed by atoms with Crippen molar-refractivity contribution in [2.75, 3.05) is 0 Å². The molecule has 1 atom stereocenters. The van der Waals surface area contributed by atoms with Gasteiger partial charge in [-0.3, -0.25) is 5.10 Å². The number of halogens is 1. The van der Waals surface area contributed by atoms with Crippen LogP contribution < -0.4 is 4.72 Å². The fraction of sp³-hybridized carbons (Fsp3) is 0.357. The first-order valence-corrected chi connectivity index (χ1v) is 7.95. The molecule has 114 valence electrons. The van der Waals surface area contributed by atoms with Crippen LogP contribution in [-0.4, -0.2) is 18.6 Å². The Morgan fingerprint density at radius 3 is 2.33 bits per heavy atom. The van der Waals surface area contributed by atoms with E-state index >= 15 is 0 Å². The van der Waals surface area contributed by atoms with Crippen molar-refractivity contribution in [1.29, 1.82) is 0 Å². The maximum Gasteiger partial charge on any atom is 0.244 e. The normalized spacial score (nSPS) is 14.1. The Kier molecular flexibility index (Phi) is 4.15. The largest absolute Gasteiger partial charge is 0.284 e. The first-order chi connectivity index (χ1) is 9.70. The summed E-state index contributed by atoms with van der Waals surface area (Å²) in [6, 6.07) is 5.32. The summed E-state index contributed by atoms with van der Waals surface area (Å²) < 4.78 is 40.4. The summed E-state index contributed by atoms with van der Waals surface area (Å²) in [7, 11) is -3.70. The Labute approximate surface area is 123 Å². The zero-order valence-electron chi connectivity index (χ0n) is 12.1. The predicted molar refractivity (Wildman–Crippen MR) is 77.5 cm³/mol. The Morgan fingerprint density at radius 2 is 1.86 bits per heavy atom. The minimum atomic E-state index is -3.70. The number of aromatic amines is 1. The third-order valence-electron chi connectivity index (χ3n) is 3.13. The highest BCUT2D eigenvalue weighted by molar-refractivity contribution is 7.89. The lowest BCUT2D eigenvalue weighted by atomic mass is 9.83. The molecule has 0 spiro atoms. The molecule has 0 aliphatic carbocycles. The molecule has 0 aliphatic rings. The maximum atomic E-state index is 13.1. The van der Waals surface area contributed by atoms with E-state index in [-0.39, 0.29) is 16.1 Å². The summed E-state index contributed by atoms with van der Waals surface area (Å²) in [5.41, 5.74) is 0.324. The number of rotatable bonds is 4.